The molecule has 160 valence electrons. The van der Waals surface area contributed by atoms with Crippen molar-refractivity contribution in [2.24, 2.45) is 0 Å². The molecule has 0 radical (unpaired) electrons. The predicted molar refractivity (Wildman–Crippen MR) is 116 cm³/mol. The van der Waals surface area contributed by atoms with E-state index in [0.717, 1.165) is 41.6 Å². The van der Waals surface area contributed by atoms with Gasteiger partial charge in [0.05, 0.1) is 12.8 Å². The lowest BCUT2D eigenvalue weighted by Crippen LogP contribution is -2.18. The smallest absolute Gasteiger partial charge is 0.252 e. The fraction of sp³-hybridized carbons (Fsp3) is 0.304. The summed E-state index contributed by atoms with van der Waals surface area (Å²) in [4.78, 5) is 19.9. The highest BCUT2D eigenvalue weighted by Gasteiger charge is 2.31. The Balaban J connectivity index is 1.35. The molecule has 0 saturated carbocycles. The van der Waals surface area contributed by atoms with Crippen molar-refractivity contribution in [1.82, 2.24) is 15.3 Å². The zero-order valence-corrected chi connectivity index (χ0v) is 17.2. The molecule has 2 aliphatic heterocycles. The lowest BCUT2D eigenvalue weighted by atomic mass is 9.86. The van der Waals surface area contributed by atoms with Crippen molar-refractivity contribution >= 4 is 5.95 Å². The highest BCUT2D eigenvalue weighted by Crippen LogP contribution is 2.36. The molecule has 0 unspecified atom stereocenters. The molecule has 1 saturated heterocycles. The Labute approximate surface area is 179 Å². The summed E-state index contributed by atoms with van der Waals surface area (Å²) in [6, 6.07) is 15.4. The Hall–Kier alpha value is -3.52. The van der Waals surface area contributed by atoms with Crippen LogP contribution in [-0.2, 0) is 6.54 Å². The summed E-state index contributed by atoms with van der Waals surface area (Å²) in [7, 11) is 1.67. The van der Waals surface area contributed by atoms with Gasteiger partial charge in [0.15, 0.2) is 11.5 Å². The number of aromatic nitrogens is 2. The van der Waals surface area contributed by atoms with Crippen LogP contribution in [0.25, 0.3) is 0 Å². The monoisotopic (exact) mass is 420 g/mol. The molecule has 2 aromatic carbocycles. The van der Waals surface area contributed by atoms with Gasteiger partial charge in [0.2, 0.25) is 12.7 Å². The second kappa shape index (κ2) is 8.31. The van der Waals surface area contributed by atoms with Crippen LogP contribution in [0, 0.1) is 0 Å². The highest BCUT2D eigenvalue weighted by molar-refractivity contribution is 5.45. The van der Waals surface area contributed by atoms with Gasteiger partial charge in [-0.2, -0.15) is 0 Å². The van der Waals surface area contributed by atoms with E-state index in [1.165, 1.54) is 5.56 Å². The van der Waals surface area contributed by atoms with Crippen LogP contribution in [0.15, 0.2) is 53.3 Å². The maximum Gasteiger partial charge on any atom is 0.252 e. The number of rotatable bonds is 6. The van der Waals surface area contributed by atoms with Crippen LogP contribution in [0.4, 0.5) is 5.95 Å². The minimum Gasteiger partial charge on any atom is -0.497 e. The Morgan fingerprint density at radius 1 is 1.10 bits per heavy atom. The Morgan fingerprint density at radius 2 is 1.97 bits per heavy atom. The van der Waals surface area contributed by atoms with E-state index >= 15 is 0 Å². The molecule has 3 heterocycles. The third-order valence-corrected chi connectivity index (χ3v) is 5.77. The van der Waals surface area contributed by atoms with E-state index in [0.29, 0.717) is 12.5 Å². The van der Waals surface area contributed by atoms with Crippen molar-refractivity contribution < 1.29 is 14.2 Å². The number of benzene rings is 2. The van der Waals surface area contributed by atoms with E-state index in [4.69, 9.17) is 19.2 Å². The predicted octanol–water partition coefficient (Wildman–Crippen LogP) is 2.59. The minimum atomic E-state index is -0.172. The summed E-state index contributed by atoms with van der Waals surface area (Å²) in [5.41, 5.74) is 2.78. The number of aromatic amines is 1. The zero-order chi connectivity index (χ0) is 21.2. The first-order valence-corrected chi connectivity index (χ1v) is 10.3. The molecule has 0 spiro atoms. The fourth-order valence-corrected chi connectivity index (χ4v) is 4.20. The Morgan fingerprint density at radius 3 is 2.87 bits per heavy atom. The molecule has 31 heavy (non-hydrogen) atoms. The number of nitrogens with zero attached hydrogens (tertiary/aromatic N) is 1. The highest BCUT2D eigenvalue weighted by atomic mass is 16.7. The molecule has 3 aromatic rings. The lowest BCUT2D eigenvalue weighted by molar-refractivity contribution is 0.174. The number of nitrogens with one attached hydrogen (secondary N) is 3. The molecule has 1 fully saturated rings. The molecule has 2 atom stereocenters. The van der Waals surface area contributed by atoms with E-state index in [-0.39, 0.29) is 24.2 Å². The topological polar surface area (TPSA) is 97.5 Å². The molecular formula is C23H24N4O4. The van der Waals surface area contributed by atoms with Gasteiger partial charge in [-0.15, -0.1) is 0 Å². The number of H-pyrrole nitrogens is 1. The van der Waals surface area contributed by atoms with Crippen LogP contribution < -0.4 is 30.4 Å². The molecule has 5 rings (SSSR count). The largest absolute Gasteiger partial charge is 0.497 e. The summed E-state index contributed by atoms with van der Waals surface area (Å²) in [5.74, 6) is 3.07. The van der Waals surface area contributed by atoms with Crippen LogP contribution in [0.2, 0.25) is 0 Å². The molecule has 0 bridgehead atoms. The van der Waals surface area contributed by atoms with Crippen LogP contribution in [0.3, 0.4) is 0 Å². The third-order valence-electron chi connectivity index (χ3n) is 5.77. The van der Waals surface area contributed by atoms with Crippen LogP contribution in [0.5, 0.6) is 17.2 Å². The van der Waals surface area contributed by atoms with Crippen LogP contribution in [0.1, 0.15) is 28.7 Å². The molecule has 0 aliphatic carbocycles. The summed E-state index contributed by atoms with van der Waals surface area (Å²) < 4.78 is 16.2. The van der Waals surface area contributed by atoms with Crippen molar-refractivity contribution in [2.75, 3.05) is 32.3 Å². The molecule has 1 aromatic heterocycles. The summed E-state index contributed by atoms with van der Waals surface area (Å²) >= 11 is 0. The quantitative estimate of drug-likeness (QED) is 0.564. The van der Waals surface area contributed by atoms with E-state index < -0.39 is 0 Å². The van der Waals surface area contributed by atoms with Gasteiger partial charge in [-0.1, -0.05) is 18.2 Å². The number of hydrogen-bond donors (Lipinski definition) is 3. The second-order valence-electron chi connectivity index (χ2n) is 7.71. The van der Waals surface area contributed by atoms with Gasteiger partial charge in [-0.25, -0.2) is 4.98 Å². The van der Waals surface area contributed by atoms with Crippen molar-refractivity contribution in [3.63, 3.8) is 0 Å². The van der Waals surface area contributed by atoms with E-state index in [1.807, 2.05) is 30.3 Å². The normalized spacial score (nSPS) is 19.4. The van der Waals surface area contributed by atoms with Gasteiger partial charge < -0.3 is 24.8 Å². The van der Waals surface area contributed by atoms with Gasteiger partial charge >= 0.3 is 0 Å². The van der Waals surface area contributed by atoms with Crippen molar-refractivity contribution in [3.8, 4) is 17.2 Å². The van der Waals surface area contributed by atoms with Gasteiger partial charge in [0.25, 0.3) is 5.56 Å². The van der Waals surface area contributed by atoms with Crippen LogP contribution in [-0.4, -0.2) is 37.0 Å². The van der Waals surface area contributed by atoms with Crippen molar-refractivity contribution in [2.45, 2.75) is 18.4 Å². The summed E-state index contributed by atoms with van der Waals surface area (Å²) in [5, 5.41) is 6.66. The lowest BCUT2D eigenvalue weighted by Gasteiger charge is -2.19. The number of anilines is 1. The standard InChI is InChI=1S/C23H24N4O4/c1-29-16-4-2-3-15(8-16)17-11-24-12-18(17)19-9-22(28)27-23(26-19)25-10-14-5-6-20-21(7-14)31-13-30-20/h2-9,17-18,24H,10-13H2,1H3,(H2,25,26,27,28)/t17-,18+/m0/s1. The first-order valence-electron chi connectivity index (χ1n) is 10.3. The number of ether oxygens (including phenoxy) is 3. The fourth-order valence-electron chi connectivity index (χ4n) is 4.20. The number of methoxy groups -OCH3 is 1. The second-order valence-corrected chi connectivity index (χ2v) is 7.71. The molecule has 8 heteroatoms. The SMILES string of the molecule is COc1cccc([C@@H]2CNC[C@H]2c2cc(=O)[nH]c(NCc3ccc4c(c3)OCO4)n2)c1. The van der Waals surface area contributed by atoms with E-state index in [2.05, 4.69) is 27.8 Å². The minimum absolute atomic E-state index is 0.0977. The Bertz CT molecular complexity index is 1150. The first-order chi connectivity index (χ1) is 15.2. The van der Waals surface area contributed by atoms with E-state index in [1.54, 1.807) is 13.2 Å². The molecule has 2 aliphatic rings. The average molecular weight is 420 g/mol. The summed E-state index contributed by atoms with van der Waals surface area (Å²) in [6.07, 6.45) is 0. The van der Waals surface area contributed by atoms with Crippen molar-refractivity contribution in [1.29, 1.82) is 0 Å². The average Bonchev–Trinajstić information content (AvgIpc) is 3.46. The molecular weight excluding hydrogens is 396 g/mol. The molecule has 0 amide bonds. The first kappa shape index (κ1) is 19.4. The van der Waals surface area contributed by atoms with Crippen LogP contribution >= 0.6 is 0 Å². The maximum atomic E-state index is 12.4. The third kappa shape index (κ3) is 4.06. The zero-order valence-electron chi connectivity index (χ0n) is 17.2. The molecule has 3 N–H and O–H groups in total. The number of hydrogen-bond acceptors (Lipinski definition) is 7. The molecule has 8 nitrogen and oxygen atoms in total. The van der Waals surface area contributed by atoms with Gasteiger partial charge in [0.1, 0.15) is 5.75 Å². The van der Waals surface area contributed by atoms with Gasteiger partial charge in [0, 0.05) is 37.5 Å². The Kier molecular flexibility index (Phi) is 5.21. The summed E-state index contributed by atoms with van der Waals surface area (Å²) in [6.45, 7) is 2.34. The van der Waals surface area contributed by atoms with E-state index in [9.17, 15) is 4.79 Å². The maximum absolute atomic E-state index is 12.4. The van der Waals surface area contributed by atoms with Crippen molar-refractivity contribution in [3.05, 3.63) is 75.7 Å². The van der Waals surface area contributed by atoms with Gasteiger partial charge in [-0.3, -0.25) is 9.78 Å². The number of fused-ring (bicyclic) bond motifs is 1. The van der Waals surface area contributed by atoms with Gasteiger partial charge in [-0.05, 0) is 35.4 Å².